The number of rotatable bonds is 8. The van der Waals surface area contributed by atoms with Gasteiger partial charge in [-0.15, -0.1) is 23.1 Å². The highest BCUT2D eigenvalue weighted by atomic mass is 32.2. The van der Waals surface area contributed by atoms with Gasteiger partial charge in [-0.3, -0.25) is 14.5 Å². The number of anilines is 1. The molecular formula is C23H23N7O5S2. The molecule has 5 heterocycles. The highest BCUT2D eigenvalue weighted by Gasteiger charge is 2.53. The molecule has 14 heteroatoms. The molecule has 5 rings (SSSR count). The van der Waals surface area contributed by atoms with Crippen molar-refractivity contribution in [1.29, 1.82) is 0 Å². The summed E-state index contributed by atoms with van der Waals surface area (Å²) in [7, 11) is 0. The standard InChI is InChI=1S/C23H23N7O5S2/c1-12(2)35-27-16(14-11-37-23(24)25-14)19(31)26-17-20(32)30-18(22(33)34)13(10-36-21(17)30)9-29-8-7-28-6-4-3-5-15(28)29/h3-8,11-12,17,21H,9-10H2,1-2H3,(H3-,24,25,26,31,33,34)/b27-16-/t17-,21+/m1/s1. The number of carboxylic acids is 1. The van der Waals surface area contributed by atoms with Crippen LogP contribution in [-0.2, 0) is 25.8 Å². The summed E-state index contributed by atoms with van der Waals surface area (Å²) < 4.78 is 3.82. The lowest BCUT2D eigenvalue weighted by atomic mass is 10.0. The van der Waals surface area contributed by atoms with E-state index in [9.17, 15) is 19.5 Å². The van der Waals surface area contributed by atoms with Gasteiger partial charge in [0.25, 0.3) is 17.5 Å². The van der Waals surface area contributed by atoms with Crippen LogP contribution in [0.3, 0.4) is 0 Å². The molecule has 37 heavy (non-hydrogen) atoms. The van der Waals surface area contributed by atoms with E-state index in [0.717, 1.165) is 17.0 Å². The maximum Gasteiger partial charge on any atom is 0.286 e. The van der Waals surface area contributed by atoms with Crippen LogP contribution < -0.4 is 20.7 Å². The summed E-state index contributed by atoms with van der Waals surface area (Å²) in [4.78, 5) is 48.8. The van der Waals surface area contributed by atoms with Crippen LogP contribution in [0.4, 0.5) is 5.13 Å². The predicted molar refractivity (Wildman–Crippen MR) is 134 cm³/mol. The van der Waals surface area contributed by atoms with Crippen molar-refractivity contribution in [2.45, 2.75) is 37.9 Å². The van der Waals surface area contributed by atoms with Gasteiger partial charge in [-0.2, -0.15) is 0 Å². The third-order valence-electron chi connectivity index (χ3n) is 5.79. The first-order chi connectivity index (χ1) is 17.7. The number of carbonyl (C=O) groups excluding carboxylic acids is 3. The molecule has 0 spiro atoms. The van der Waals surface area contributed by atoms with Crippen molar-refractivity contribution in [1.82, 2.24) is 19.6 Å². The second-order valence-corrected chi connectivity index (χ2v) is 10.7. The highest BCUT2D eigenvalue weighted by molar-refractivity contribution is 8.00. The topological polar surface area (TPSA) is 158 Å². The Morgan fingerprint density at radius 2 is 2.19 bits per heavy atom. The first kappa shape index (κ1) is 24.8. The van der Waals surface area contributed by atoms with E-state index in [1.54, 1.807) is 19.2 Å². The maximum absolute atomic E-state index is 13.1. The SMILES string of the molecule is CC(C)O/N=C(\C(=O)N[C@@H]1C(=O)N2C(C(=O)[O-])=C(C[n+]3ccn4ccccc43)CS[C@@H]12)c1csc(N)n1. The summed E-state index contributed by atoms with van der Waals surface area (Å²) in [5, 5.41) is 19.9. The predicted octanol–water partition coefficient (Wildman–Crippen LogP) is -0.501. The largest absolute Gasteiger partial charge is 0.543 e. The number of fused-ring (bicyclic) bond motifs is 2. The number of nitrogen functional groups attached to an aromatic ring is 1. The molecule has 0 saturated carbocycles. The van der Waals surface area contributed by atoms with E-state index in [-0.39, 0.29) is 34.9 Å². The quantitative estimate of drug-likeness (QED) is 0.167. The fourth-order valence-corrected chi connectivity index (χ4v) is 6.03. The number of carboxylic acid groups (broad SMARTS) is 1. The molecule has 0 unspecified atom stereocenters. The zero-order valence-electron chi connectivity index (χ0n) is 19.9. The van der Waals surface area contributed by atoms with E-state index in [0.29, 0.717) is 11.3 Å². The second-order valence-electron chi connectivity index (χ2n) is 8.66. The summed E-state index contributed by atoms with van der Waals surface area (Å²) in [6.45, 7) is 3.78. The molecule has 12 nitrogen and oxygen atoms in total. The van der Waals surface area contributed by atoms with Crippen LogP contribution in [0.25, 0.3) is 5.65 Å². The van der Waals surface area contributed by atoms with Gasteiger partial charge in [-0.1, -0.05) is 11.2 Å². The smallest absolute Gasteiger partial charge is 0.286 e. The summed E-state index contributed by atoms with van der Waals surface area (Å²) >= 11 is 2.51. The van der Waals surface area contributed by atoms with Crippen LogP contribution >= 0.6 is 23.1 Å². The van der Waals surface area contributed by atoms with Gasteiger partial charge in [0.1, 0.15) is 42.2 Å². The molecule has 0 aliphatic carbocycles. The third kappa shape index (κ3) is 4.64. The average Bonchev–Trinajstić information content (AvgIpc) is 3.48. The van der Waals surface area contributed by atoms with Gasteiger partial charge in [0, 0.05) is 22.8 Å². The Morgan fingerprint density at radius 1 is 1.38 bits per heavy atom. The van der Waals surface area contributed by atoms with E-state index in [4.69, 9.17) is 10.6 Å². The normalized spacial score (nSPS) is 19.7. The zero-order chi connectivity index (χ0) is 26.3. The van der Waals surface area contributed by atoms with E-state index < -0.39 is 29.2 Å². The fourth-order valence-electron chi connectivity index (χ4n) is 4.15. The van der Waals surface area contributed by atoms with Gasteiger partial charge >= 0.3 is 0 Å². The van der Waals surface area contributed by atoms with Crippen molar-refractivity contribution in [3.63, 3.8) is 0 Å². The monoisotopic (exact) mass is 541 g/mol. The number of imidazole rings is 1. The highest BCUT2D eigenvalue weighted by Crippen LogP contribution is 2.40. The maximum atomic E-state index is 13.1. The number of nitrogens with two attached hydrogens (primary N) is 1. The Morgan fingerprint density at radius 3 is 2.89 bits per heavy atom. The molecule has 2 aliphatic heterocycles. The molecule has 2 amide bonds. The Kier molecular flexibility index (Phi) is 6.60. The first-order valence-electron chi connectivity index (χ1n) is 11.3. The van der Waals surface area contributed by atoms with Crippen LogP contribution in [0.2, 0.25) is 0 Å². The summed E-state index contributed by atoms with van der Waals surface area (Å²) in [6, 6.07) is 4.75. The number of pyridine rings is 1. The minimum absolute atomic E-state index is 0.123. The van der Waals surface area contributed by atoms with Crippen molar-refractivity contribution in [3.8, 4) is 0 Å². The molecule has 1 saturated heterocycles. The number of thioether (sulfide) groups is 1. The molecule has 2 aliphatic rings. The van der Waals surface area contributed by atoms with Gasteiger partial charge in [0.05, 0.1) is 17.9 Å². The van der Waals surface area contributed by atoms with Crippen LogP contribution in [0.15, 0.2) is 58.6 Å². The van der Waals surface area contributed by atoms with Crippen molar-refractivity contribution in [2.75, 3.05) is 11.5 Å². The van der Waals surface area contributed by atoms with E-state index >= 15 is 0 Å². The number of oxime groups is 1. The number of carbonyl (C=O) groups is 3. The molecular weight excluding hydrogens is 518 g/mol. The molecule has 2 atom stereocenters. The number of amides is 2. The fraction of sp³-hybridized carbons (Fsp3) is 0.304. The lowest BCUT2D eigenvalue weighted by Gasteiger charge is -2.50. The number of thiazole rings is 1. The van der Waals surface area contributed by atoms with Gasteiger partial charge in [0.15, 0.2) is 10.8 Å². The van der Waals surface area contributed by atoms with Gasteiger partial charge in [0.2, 0.25) is 0 Å². The van der Waals surface area contributed by atoms with Crippen LogP contribution in [-0.4, -0.2) is 61.1 Å². The van der Waals surface area contributed by atoms with Crippen LogP contribution in [0, 0.1) is 0 Å². The lowest BCUT2D eigenvalue weighted by Crippen LogP contribution is -2.71. The summed E-state index contributed by atoms with van der Waals surface area (Å²) in [5.74, 6) is -2.31. The third-order valence-corrected chi connectivity index (χ3v) is 7.81. The number of aliphatic carboxylic acids is 1. The van der Waals surface area contributed by atoms with Crippen molar-refractivity contribution < 1.29 is 28.9 Å². The molecule has 0 bridgehead atoms. The molecule has 3 N–H and O–H groups in total. The Bertz CT molecular complexity index is 1460. The molecule has 0 radical (unpaired) electrons. The molecule has 1 fully saturated rings. The Labute approximate surface area is 219 Å². The van der Waals surface area contributed by atoms with Crippen LogP contribution in [0.5, 0.6) is 0 Å². The van der Waals surface area contributed by atoms with Gasteiger partial charge in [-0.25, -0.2) is 14.0 Å². The van der Waals surface area contributed by atoms with E-state index in [1.807, 2.05) is 45.8 Å². The Hall–Kier alpha value is -3.91. The number of nitrogens with zero attached hydrogens (tertiary/aromatic N) is 5. The van der Waals surface area contributed by atoms with E-state index in [1.165, 1.54) is 16.7 Å². The zero-order valence-corrected chi connectivity index (χ0v) is 21.5. The van der Waals surface area contributed by atoms with Crippen LogP contribution in [0.1, 0.15) is 19.5 Å². The lowest BCUT2D eigenvalue weighted by molar-refractivity contribution is -0.662. The van der Waals surface area contributed by atoms with Gasteiger partial charge < -0.3 is 25.8 Å². The first-order valence-corrected chi connectivity index (χ1v) is 13.3. The number of β-lactam (4-membered cyclic amide) rings is 1. The molecule has 192 valence electrons. The van der Waals surface area contributed by atoms with Crippen molar-refractivity contribution in [2.24, 2.45) is 5.16 Å². The Balaban J connectivity index is 1.37. The van der Waals surface area contributed by atoms with Crippen molar-refractivity contribution in [3.05, 3.63) is 59.1 Å². The summed E-state index contributed by atoms with van der Waals surface area (Å²) in [6.07, 6.45) is 5.31. The molecule has 3 aromatic rings. The molecule has 0 aromatic carbocycles. The number of aromatic nitrogens is 3. The van der Waals surface area contributed by atoms with Gasteiger partial charge in [-0.05, 0) is 19.9 Å². The van der Waals surface area contributed by atoms with E-state index in [2.05, 4.69) is 15.5 Å². The number of hydrogen-bond donors (Lipinski definition) is 2. The average molecular weight is 542 g/mol. The second kappa shape index (κ2) is 9.86. The minimum Gasteiger partial charge on any atom is -0.543 e. The number of nitrogens with one attached hydrogen (secondary N) is 1. The summed E-state index contributed by atoms with van der Waals surface area (Å²) in [5.41, 5.74) is 7.06. The minimum atomic E-state index is -1.44. The number of hydrogen-bond acceptors (Lipinski definition) is 10. The van der Waals surface area contributed by atoms with Crippen molar-refractivity contribution >= 4 is 57.4 Å². The molecule has 3 aromatic heterocycles.